The van der Waals surface area contributed by atoms with Crippen LogP contribution in [0.3, 0.4) is 0 Å². The molecule has 3 rings (SSSR count). The fourth-order valence-electron chi connectivity index (χ4n) is 3.66. The number of hydrogen-bond donors (Lipinski definition) is 2. The van der Waals surface area contributed by atoms with Gasteiger partial charge in [0.05, 0.1) is 18.8 Å². The second-order valence-electron chi connectivity index (χ2n) is 7.15. The van der Waals surface area contributed by atoms with Gasteiger partial charge in [-0.15, -0.1) is 0 Å². The van der Waals surface area contributed by atoms with Crippen LogP contribution < -0.4 is 11.5 Å². The largest absolute Gasteiger partial charge is 0.497 e. The highest BCUT2D eigenvalue weighted by molar-refractivity contribution is 5.80. The first-order valence-corrected chi connectivity index (χ1v) is 10.3. The van der Waals surface area contributed by atoms with Gasteiger partial charge in [0, 0.05) is 31.7 Å². The summed E-state index contributed by atoms with van der Waals surface area (Å²) in [5.74, 6) is 1.92. The number of allylic oxidation sites excluding steroid dienone is 1. The first-order valence-electron chi connectivity index (χ1n) is 10.3. The molecule has 31 heavy (non-hydrogen) atoms. The van der Waals surface area contributed by atoms with Gasteiger partial charge in [0.2, 0.25) is 5.95 Å². The van der Waals surface area contributed by atoms with E-state index in [0.717, 1.165) is 22.5 Å². The maximum atomic E-state index is 6.21. The normalized spacial score (nSPS) is 18.6. The van der Waals surface area contributed by atoms with E-state index in [9.17, 15) is 0 Å². The monoisotopic (exact) mass is 426 g/mol. The highest BCUT2D eigenvalue weighted by Crippen LogP contribution is 2.42. The minimum absolute atomic E-state index is 0.0890. The van der Waals surface area contributed by atoms with E-state index in [1.165, 1.54) is 0 Å². The second-order valence-corrected chi connectivity index (χ2v) is 7.15. The number of hydrogen-bond acceptors (Lipinski definition) is 8. The summed E-state index contributed by atoms with van der Waals surface area (Å²) in [7, 11) is 1.58. The van der Waals surface area contributed by atoms with Gasteiger partial charge in [-0.1, -0.05) is 30.3 Å². The SMILES string of the molecule is CCOC1=CC(Cc2cnc(N)nc2N)(OCOC)CC(OCC)=C1c1ccccc1. The average molecular weight is 427 g/mol. The van der Waals surface area contributed by atoms with Crippen LogP contribution in [0.25, 0.3) is 5.57 Å². The van der Waals surface area contributed by atoms with Crippen LogP contribution in [0.4, 0.5) is 11.8 Å². The molecular weight excluding hydrogens is 396 g/mol. The number of aromatic nitrogens is 2. The zero-order chi connectivity index (χ0) is 22.3. The van der Waals surface area contributed by atoms with Crippen molar-refractivity contribution in [1.82, 2.24) is 9.97 Å². The summed E-state index contributed by atoms with van der Waals surface area (Å²) in [6.45, 7) is 5.00. The van der Waals surface area contributed by atoms with Gasteiger partial charge < -0.3 is 30.4 Å². The van der Waals surface area contributed by atoms with Crippen LogP contribution in [-0.4, -0.2) is 42.7 Å². The predicted molar refractivity (Wildman–Crippen MR) is 120 cm³/mol. The van der Waals surface area contributed by atoms with Gasteiger partial charge in [0.15, 0.2) is 0 Å². The van der Waals surface area contributed by atoms with E-state index < -0.39 is 5.60 Å². The quantitative estimate of drug-likeness (QED) is 0.556. The number of ether oxygens (including phenoxy) is 4. The topological polar surface area (TPSA) is 115 Å². The Hall–Kier alpha value is -3.10. The van der Waals surface area contributed by atoms with Gasteiger partial charge in [-0.2, -0.15) is 4.98 Å². The van der Waals surface area contributed by atoms with Crippen molar-refractivity contribution in [1.29, 1.82) is 0 Å². The smallest absolute Gasteiger partial charge is 0.221 e. The molecule has 4 N–H and O–H groups in total. The molecule has 0 radical (unpaired) electrons. The van der Waals surface area contributed by atoms with Gasteiger partial charge in [-0.25, -0.2) is 4.98 Å². The Morgan fingerprint density at radius 1 is 1.06 bits per heavy atom. The maximum absolute atomic E-state index is 6.21. The molecule has 1 aliphatic carbocycles. The van der Waals surface area contributed by atoms with Gasteiger partial charge >= 0.3 is 0 Å². The summed E-state index contributed by atoms with van der Waals surface area (Å²) in [5.41, 5.74) is 13.6. The molecule has 0 amide bonds. The van der Waals surface area contributed by atoms with Crippen LogP contribution in [-0.2, 0) is 25.4 Å². The van der Waals surface area contributed by atoms with Gasteiger partial charge in [-0.3, -0.25) is 0 Å². The van der Waals surface area contributed by atoms with Crippen LogP contribution in [0.5, 0.6) is 0 Å². The number of benzene rings is 1. The second kappa shape index (κ2) is 10.3. The third kappa shape index (κ3) is 5.34. The summed E-state index contributed by atoms with van der Waals surface area (Å²) in [6, 6.07) is 10.0. The maximum Gasteiger partial charge on any atom is 0.221 e. The van der Waals surface area contributed by atoms with Crippen LogP contribution in [0, 0.1) is 0 Å². The standard InChI is InChI=1S/C23H30N4O4/c1-4-29-18-12-23(31-15-28-3,11-17-14-26-22(25)27-21(17)24)13-19(30-5-2)20(18)16-9-7-6-8-10-16/h6-10,12,14H,4-5,11,13,15H2,1-3H3,(H4,24,25,26,27). The molecule has 1 heterocycles. The van der Waals surface area contributed by atoms with Crippen molar-refractivity contribution < 1.29 is 18.9 Å². The molecule has 1 atom stereocenters. The molecule has 8 heteroatoms. The lowest BCUT2D eigenvalue weighted by atomic mass is 9.82. The predicted octanol–water partition coefficient (Wildman–Crippen LogP) is 3.31. The fourth-order valence-corrected chi connectivity index (χ4v) is 3.66. The lowest BCUT2D eigenvalue weighted by molar-refractivity contribution is -0.113. The number of nitrogens with zero attached hydrogens (tertiary/aromatic N) is 2. The van der Waals surface area contributed by atoms with E-state index in [-0.39, 0.29) is 12.7 Å². The summed E-state index contributed by atoms with van der Waals surface area (Å²) >= 11 is 0. The highest BCUT2D eigenvalue weighted by atomic mass is 16.7. The highest BCUT2D eigenvalue weighted by Gasteiger charge is 2.39. The molecule has 1 aliphatic rings. The Bertz CT molecular complexity index is 946. The average Bonchev–Trinajstić information content (AvgIpc) is 2.75. The number of methoxy groups -OCH3 is 1. The molecule has 0 spiro atoms. The third-order valence-corrected chi connectivity index (χ3v) is 4.93. The first-order chi connectivity index (χ1) is 15.0. The molecule has 0 saturated heterocycles. The van der Waals surface area contributed by atoms with Crippen molar-refractivity contribution in [3.05, 3.63) is 65.2 Å². The first kappa shape index (κ1) is 22.6. The van der Waals surface area contributed by atoms with Crippen molar-refractivity contribution in [3.63, 3.8) is 0 Å². The van der Waals surface area contributed by atoms with E-state index in [4.69, 9.17) is 30.4 Å². The third-order valence-electron chi connectivity index (χ3n) is 4.93. The molecule has 0 saturated carbocycles. The summed E-state index contributed by atoms with van der Waals surface area (Å²) < 4.78 is 23.6. The molecule has 166 valence electrons. The zero-order valence-corrected chi connectivity index (χ0v) is 18.3. The zero-order valence-electron chi connectivity index (χ0n) is 18.3. The van der Waals surface area contributed by atoms with E-state index in [0.29, 0.717) is 37.6 Å². The van der Waals surface area contributed by atoms with Gasteiger partial charge in [0.1, 0.15) is 29.7 Å². The summed E-state index contributed by atoms with van der Waals surface area (Å²) in [5, 5.41) is 0. The van der Waals surface area contributed by atoms with E-state index in [2.05, 4.69) is 9.97 Å². The molecule has 1 aromatic heterocycles. The molecule has 2 aromatic rings. The Kier molecular flexibility index (Phi) is 7.49. The number of anilines is 2. The summed E-state index contributed by atoms with van der Waals surface area (Å²) in [6.07, 6.45) is 4.48. The lowest BCUT2D eigenvalue weighted by Crippen LogP contribution is -2.38. The number of rotatable bonds is 10. The Balaban J connectivity index is 2.10. The van der Waals surface area contributed by atoms with Crippen molar-refractivity contribution >= 4 is 17.3 Å². The van der Waals surface area contributed by atoms with E-state index >= 15 is 0 Å². The number of nitrogens with two attached hydrogens (primary N) is 2. The van der Waals surface area contributed by atoms with E-state index in [1.54, 1.807) is 13.3 Å². The number of nitrogen functional groups attached to an aromatic ring is 2. The molecular formula is C23H30N4O4. The molecule has 0 fully saturated rings. The van der Waals surface area contributed by atoms with Gasteiger partial charge in [-0.05, 0) is 25.5 Å². The molecule has 1 unspecified atom stereocenters. The van der Waals surface area contributed by atoms with Crippen molar-refractivity contribution in [2.75, 3.05) is 38.6 Å². The van der Waals surface area contributed by atoms with Crippen LogP contribution in [0.15, 0.2) is 54.1 Å². The molecule has 0 aliphatic heterocycles. The molecule has 0 bridgehead atoms. The minimum Gasteiger partial charge on any atom is -0.497 e. The van der Waals surface area contributed by atoms with Crippen molar-refractivity contribution in [3.8, 4) is 0 Å². The Labute approximate surface area is 182 Å². The fraction of sp³-hybridized carbons (Fsp3) is 0.391. The lowest BCUT2D eigenvalue weighted by Gasteiger charge is -2.37. The Morgan fingerprint density at radius 3 is 2.45 bits per heavy atom. The van der Waals surface area contributed by atoms with Crippen molar-refractivity contribution in [2.24, 2.45) is 0 Å². The Morgan fingerprint density at radius 2 is 1.81 bits per heavy atom. The molecule has 1 aromatic carbocycles. The molecule has 8 nitrogen and oxygen atoms in total. The summed E-state index contributed by atoms with van der Waals surface area (Å²) in [4.78, 5) is 8.18. The van der Waals surface area contributed by atoms with E-state index in [1.807, 2.05) is 50.3 Å². The van der Waals surface area contributed by atoms with Crippen molar-refractivity contribution in [2.45, 2.75) is 32.3 Å². The minimum atomic E-state index is -0.823. The van der Waals surface area contributed by atoms with Crippen LogP contribution in [0.2, 0.25) is 0 Å². The van der Waals surface area contributed by atoms with Gasteiger partial charge in [0.25, 0.3) is 0 Å². The van der Waals surface area contributed by atoms with Crippen LogP contribution >= 0.6 is 0 Å². The van der Waals surface area contributed by atoms with Crippen LogP contribution in [0.1, 0.15) is 31.4 Å².